The second-order valence-electron chi connectivity index (χ2n) is 6.43. The Morgan fingerprint density at radius 3 is 2.40 bits per heavy atom. The van der Waals surface area contributed by atoms with E-state index in [2.05, 4.69) is 23.1 Å². The second kappa shape index (κ2) is 6.39. The van der Waals surface area contributed by atoms with E-state index >= 15 is 0 Å². The Balaban J connectivity index is 2.17. The first-order valence-corrected chi connectivity index (χ1v) is 10.4. The third kappa shape index (κ3) is 3.39. The molecule has 0 saturated heterocycles. The third-order valence-electron chi connectivity index (χ3n) is 4.71. The molecule has 0 fully saturated rings. The number of hydrogen-bond acceptors (Lipinski definition) is 2. The molecule has 25 heavy (non-hydrogen) atoms. The van der Waals surface area contributed by atoms with Crippen molar-refractivity contribution >= 4 is 38.2 Å². The predicted octanol–water partition coefficient (Wildman–Crippen LogP) is 4.84. The van der Waals surface area contributed by atoms with Crippen molar-refractivity contribution in [3.05, 3.63) is 65.3 Å². The molecule has 1 N–H and O–H groups in total. The van der Waals surface area contributed by atoms with Gasteiger partial charge in [0.25, 0.3) is 0 Å². The lowest BCUT2D eigenvalue weighted by molar-refractivity contribution is 0.391. The Morgan fingerprint density at radius 2 is 1.80 bits per heavy atom. The highest BCUT2D eigenvalue weighted by molar-refractivity contribution is 7.92. The highest BCUT2D eigenvalue weighted by atomic mass is 35.5. The maximum Gasteiger partial charge on any atom is 0.229 e. The van der Waals surface area contributed by atoms with Crippen LogP contribution in [0.4, 0.5) is 5.69 Å². The topological polar surface area (TPSA) is 51.1 Å². The van der Waals surface area contributed by atoms with E-state index in [1.165, 1.54) is 0 Å². The molecule has 3 rings (SSSR count). The molecule has 0 radical (unpaired) electrons. The van der Waals surface area contributed by atoms with Crippen LogP contribution in [0.15, 0.2) is 54.7 Å². The summed E-state index contributed by atoms with van der Waals surface area (Å²) in [6.45, 7) is 4.31. The number of rotatable bonds is 5. The SMILES string of the molecule is CCC(C)(c1ccc(Cl)cc1)n1ccc2c(NS(C)(=O)=O)cccc21. The number of anilines is 1. The molecule has 0 aliphatic heterocycles. The molecule has 132 valence electrons. The molecule has 1 unspecified atom stereocenters. The zero-order valence-electron chi connectivity index (χ0n) is 14.5. The monoisotopic (exact) mass is 376 g/mol. The van der Waals surface area contributed by atoms with Crippen molar-refractivity contribution in [2.45, 2.75) is 25.8 Å². The fourth-order valence-electron chi connectivity index (χ4n) is 3.21. The standard InChI is InChI=1S/C19H21ClN2O2S/c1-4-19(2,14-8-10-15(20)11-9-14)22-13-12-16-17(21-25(3,23)24)6-5-7-18(16)22/h5-13,21H,4H2,1-3H3. The minimum absolute atomic E-state index is 0.268. The number of nitrogens with zero attached hydrogens (tertiary/aromatic N) is 1. The van der Waals surface area contributed by atoms with Crippen molar-refractivity contribution in [3.63, 3.8) is 0 Å². The second-order valence-corrected chi connectivity index (χ2v) is 8.62. The zero-order valence-corrected chi connectivity index (χ0v) is 16.0. The van der Waals surface area contributed by atoms with E-state index in [1.807, 2.05) is 48.7 Å². The van der Waals surface area contributed by atoms with Gasteiger partial charge in [0.1, 0.15) is 0 Å². The van der Waals surface area contributed by atoms with Crippen molar-refractivity contribution in [2.24, 2.45) is 0 Å². The maximum atomic E-state index is 11.6. The molecule has 0 amide bonds. The van der Waals surface area contributed by atoms with E-state index in [1.54, 1.807) is 6.07 Å². The van der Waals surface area contributed by atoms with Gasteiger partial charge in [-0.15, -0.1) is 0 Å². The molecule has 0 saturated carbocycles. The fraction of sp³-hybridized carbons (Fsp3) is 0.263. The lowest BCUT2D eigenvalue weighted by Crippen LogP contribution is -2.30. The molecular formula is C19H21ClN2O2S. The molecule has 1 atom stereocenters. The first-order chi connectivity index (χ1) is 11.7. The van der Waals surface area contributed by atoms with Gasteiger partial charge in [0.05, 0.1) is 23.0 Å². The highest BCUT2D eigenvalue weighted by Crippen LogP contribution is 2.36. The highest BCUT2D eigenvalue weighted by Gasteiger charge is 2.28. The summed E-state index contributed by atoms with van der Waals surface area (Å²) in [4.78, 5) is 0. The molecule has 0 bridgehead atoms. The molecule has 0 spiro atoms. The molecule has 1 heterocycles. The zero-order chi connectivity index (χ0) is 18.2. The molecule has 1 aromatic heterocycles. The summed E-state index contributed by atoms with van der Waals surface area (Å²) in [6, 6.07) is 15.5. The largest absolute Gasteiger partial charge is 0.337 e. The normalized spacial score (nSPS) is 14.4. The Kier molecular flexibility index (Phi) is 4.56. The van der Waals surface area contributed by atoms with E-state index in [4.69, 9.17) is 11.6 Å². The van der Waals surface area contributed by atoms with Gasteiger partial charge in [-0.25, -0.2) is 8.42 Å². The third-order valence-corrected chi connectivity index (χ3v) is 5.56. The van der Waals surface area contributed by atoms with Crippen LogP contribution in [-0.2, 0) is 15.6 Å². The first kappa shape index (κ1) is 17.8. The summed E-state index contributed by atoms with van der Waals surface area (Å²) in [6.07, 6.45) is 4.05. The summed E-state index contributed by atoms with van der Waals surface area (Å²) >= 11 is 6.04. The minimum Gasteiger partial charge on any atom is -0.337 e. The maximum absolute atomic E-state index is 11.6. The van der Waals surface area contributed by atoms with Crippen LogP contribution in [-0.4, -0.2) is 19.2 Å². The Morgan fingerprint density at radius 1 is 1.12 bits per heavy atom. The lowest BCUT2D eigenvalue weighted by atomic mass is 9.89. The molecule has 0 aliphatic rings. The van der Waals surface area contributed by atoms with Crippen molar-refractivity contribution in [3.8, 4) is 0 Å². The molecule has 3 aromatic rings. The average Bonchev–Trinajstić information content (AvgIpc) is 2.99. The van der Waals surface area contributed by atoms with Crippen molar-refractivity contribution < 1.29 is 8.42 Å². The fourth-order valence-corrected chi connectivity index (χ4v) is 3.91. The number of fused-ring (bicyclic) bond motifs is 1. The summed E-state index contributed by atoms with van der Waals surface area (Å²) in [5, 5.41) is 1.58. The number of sulfonamides is 1. The van der Waals surface area contributed by atoms with Gasteiger partial charge in [0.15, 0.2) is 0 Å². The number of nitrogens with one attached hydrogen (secondary N) is 1. The molecule has 4 nitrogen and oxygen atoms in total. The summed E-state index contributed by atoms with van der Waals surface area (Å²) in [5.74, 6) is 0. The van der Waals surface area contributed by atoms with E-state index < -0.39 is 10.0 Å². The molecule has 2 aromatic carbocycles. The smallest absolute Gasteiger partial charge is 0.229 e. The van der Waals surface area contributed by atoms with Crippen LogP contribution in [0.3, 0.4) is 0 Å². The van der Waals surface area contributed by atoms with Crippen LogP contribution in [0.2, 0.25) is 5.02 Å². The number of benzene rings is 2. The van der Waals surface area contributed by atoms with Crippen LogP contribution >= 0.6 is 11.6 Å². The minimum atomic E-state index is -3.33. The van der Waals surface area contributed by atoms with Gasteiger partial charge in [-0.3, -0.25) is 4.72 Å². The van der Waals surface area contributed by atoms with Crippen LogP contribution < -0.4 is 4.72 Å². The predicted molar refractivity (Wildman–Crippen MR) is 105 cm³/mol. The molecule has 6 heteroatoms. The number of halogens is 1. The average molecular weight is 377 g/mol. The Bertz CT molecular complexity index is 1010. The molecular weight excluding hydrogens is 356 g/mol. The van der Waals surface area contributed by atoms with E-state index in [-0.39, 0.29) is 5.54 Å². The summed E-state index contributed by atoms with van der Waals surface area (Å²) < 4.78 is 28.0. The summed E-state index contributed by atoms with van der Waals surface area (Å²) in [7, 11) is -3.33. The van der Waals surface area contributed by atoms with Crippen molar-refractivity contribution in [1.82, 2.24) is 4.57 Å². The Labute approximate surface area is 153 Å². The van der Waals surface area contributed by atoms with Gasteiger partial charge in [-0.05, 0) is 49.2 Å². The van der Waals surface area contributed by atoms with Crippen molar-refractivity contribution in [2.75, 3.05) is 11.0 Å². The Hall–Kier alpha value is -1.98. The quantitative estimate of drug-likeness (QED) is 0.692. The van der Waals surface area contributed by atoms with Gasteiger partial charge in [0.2, 0.25) is 10.0 Å². The van der Waals surface area contributed by atoms with E-state index in [0.717, 1.165) is 29.1 Å². The van der Waals surface area contributed by atoms with Crippen LogP contribution in [0.1, 0.15) is 25.8 Å². The van der Waals surface area contributed by atoms with E-state index in [0.29, 0.717) is 10.7 Å². The van der Waals surface area contributed by atoms with Crippen LogP contribution in [0, 0.1) is 0 Å². The van der Waals surface area contributed by atoms with Gasteiger partial charge in [-0.2, -0.15) is 0 Å². The van der Waals surface area contributed by atoms with Gasteiger partial charge < -0.3 is 4.57 Å². The van der Waals surface area contributed by atoms with Crippen LogP contribution in [0.5, 0.6) is 0 Å². The first-order valence-electron chi connectivity index (χ1n) is 8.09. The number of hydrogen-bond donors (Lipinski definition) is 1. The van der Waals surface area contributed by atoms with Crippen LogP contribution in [0.25, 0.3) is 10.9 Å². The number of aromatic nitrogens is 1. The van der Waals surface area contributed by atoms with Gasteiger partial charge in [-0.1, -0.05) is 36.7 Å². The lowest BCUT2D eigenvalue weighted by Gasteiger charge is -2.32. The van der Waals surface area contributed by atoms with Gasteiger partial charge >= 0.3 is 0 Å². The van der Waals surface area contributed by atoms with E-state index in [9.17, 15) is 8.42 Å². The van der Waals surface area contributed by atoms with Crippen molar-refractivity contribution in [1.29, 1.82) is 0 Å². The van der Waals surface area contributed by atoms with Gasteiger partial charge in [0, 0.05) is 16.6 Å². The summed E-state index contributed by atoms with van der Waals surface area (Å²) in [5.41, 5.74) is 2.45. The molecule has 0 aliphatic carbocycles.